The lowest BCUT2D eigenvalue weighted by molar-refractivity contribution is 0.0445. The maximum Gasteiger partial charge on any atom is 0.408 e. The Balaban J connectivity index is 2.12. The van der Waals surface area contributed by atoms with E-state index in [1.165, 1.54) is 12.8 Å². The van der Waals surface area contributed by atoms with Crippen LogP contribution in [0.2, 0.25) is 0 Å². The van der Waals surface area contributed by atoms with E-state index in [4.69, 9.17) is 9.26 Å². The van der Waals surface area contributed by atoms with Crippen LogP contribution in [0.5, 0.6) is 0 Å². The molecule has 1 aliphatic rings. The molecule has 1 aromatic heterocycles. The molecule has 1 heterocycles. The van der Waals surface area contributed by atoms with Crippen molar-refractivity contribution in [2.75, 3.05) is 0 Å². The zero-order valence-corrected chi connectivity index (χ0v) is 12.8. The normalized spacial score (nSPS) is 18.4. The maximum absolute atomic E-state index is 12.0. The third kappa shape index (κ3) is 3.95. The monoisotopic (exact) mass is 281 g/mol. The van der Waals surface area contributed by atoms with Crippen LogP contribution in [0.4, 0.5) is 4.79 Å². The predicted octanol–water partition coefficient (Wildman–Crippen LogP) is 2.92. The fraction of sp³-hybridized carbons (Fsp3) is 0.786. The Morgan fingerprint density at radius 3 is 2.50 bits per heavy atom. The maximum atomic E-state index is 12.0. The summed E-state index contributed by atoms with van der Waals surface area (Å²) in [5, 5.41) is 6.87. The molecular weight excluding hydrogens is 258 g/mol. The molecule has 1 saturated carbocycles. The SMILES string of the molecule is Cc1nc(C(C)(CC2CC2)NC(=O)OC(C)(C)C)no1. The van der Waals surface area contributed by atoms with Crippen LogP contribution in [0.15, 0.2) is 4.52 Å². The van der Waals surface area contributed by atoms with Gasteiger partial charge in [-0.25, -0.2) is 4.79 Å². The molecule has 0 spiro atoms. The second-order valence-electron chi connectivity index (χ2n) is 6.74. The first-order chi connectivity index (χ1) is 9.18. The smallest absolute Gasteiger partial charge is 0.408 e. The van der Waals surface area contributed by atoms with Crippen LogP contribution in [0.1, 0.15) is 58.7 Å². The van der Waals surface area contributed by atoms with Gasteiger partial charge < -0.3 is 14.6 Å². The molecule has 2 rings (SSSR count). The average molecular weight is 281 g/mol. The van der Waals surface area contributed by atoms with Crippen molar-refractivity contribution < 1.29 is 14.1 Å². The minimum absolute atomic E-state index is 0.455. The van der Waals surface area contributed by atoms with Gasteiger partial charge in [0.2, 0.25) is 5.89 Å². The minimum atomic E-state index is -0.652. The zero-order valence-electron chi connectivity index (χ0n) is 12.8. The fourth-order valence-electron chi connectivity index (χ4n) is 2.15. The topological polar surface area (TPSA) is 77.2 Å². The highest BCUT2D eigenvalue weighted by Gasteiger charge is 2.40. The van der Waals surface area contributed by atoms with Gasteiger partial charge in [0.05, 0.1) is 0 Å². The Bertz CT molecular complexity index is 488. The highest BCUT2D eigenvalue weighted by molar-refractivity contribution is 5.68. The first-order valence-corrected chi connectivity index (χ1v) is 7.00. The van der Waals surface area contributed by atoms with E-state index in [1.54, 1.807) is 6.92 Å². The summed E-state index contributed by atoms with van der Waals surface area (Å²) in [6.45, 7) is 9.16. The summed E-state index contributed by atoms with van der Waals surface area (Å²) in [5.41, 5.74) is -1.18. The molecular formula is C14H23N3O3. The Morgan fingerprint density at radius 1 is 1.40 bits per heavy atom. The summed E-state index contributed by atoms with van der Waals surface area (Å²) in [7, 11) is 0. The number of carbonyl (C=O) groups is 1. The molecule has 1 N–H and O–H groups in total. The largest absolute Gasteiger partial charge is 0.444 e. The molecule has 20 heavy (non-hydrogen) atoms. The fourth-order valence-corrected chi connectivity index (χ4v) is 2.15. The predicted molar refractivity (Wildman–Crippen MR) is 73.1 cm³/mol. The van der Waals surface area contributed by atoms with Crippen LogP contribution in [-0.2, 0) is 10.3 Å². The number of nitrogens with one attached hydrogen (secondary N) is 1. The van der Waals surface area contributed by atoms with Crippen molar-refractivity contribution in [3.05, 3.63) is 11.7 Å². The van der Waals surface area contributed by atoms with Crippen molar-refractivity contribution in [3.63, 3.8) is 0 Å². The van der Waals surface area contributed by atoms with Gasteiger partial charge in [-0.2, -0.15) is 4.98 Å². The van der Waals surface area contributed by atoms with Gasteiger partial charge in [-0.05, 0) is 40.0 Å². The van der Waals surface area contributed by atoms with Crippen molar-refractivity contribution in [1.82, 2.24) is 15.5 Å². The average Bonchev–Trinajstić information content (AvgIpc) is 2.93. The van der Waals surface area contributed by atoms with Crippen molar-refractivity contribution >= 4 is 6.09 Å². The molecule has 1 aliphatic carbocycles. The zero-order chi connectivity index (χ0) is 15.0. The number of nitrogens with zero attached hydrogens (tertiary/aromatic N) is 2. The van der Waals surface area contributed by atoms with E-state index in [0.717, 1.165) is 6.42 Å². The number of alkyl carbamates (subject to hydrolysis) is 1. The number of aryl methyl sites for hydroxylation is 1. The van der Waals surface area contributed by atoms with Gasteiger partial charge in [0.1, 0.15) is 11.1 Å². The van der Waals surface area contributed by atoms with Gasteiger partial charge >= 0.3 is 6.09 Å². The van der Waals surface area contributed by atoms with Crippen LogP contribution in [0, 0.1) is 12.8 Å². The van der Waals surface area contributed by atoms with E-state index in [-0.39, 0.29) is 0 Å². The number of carbonyl (C=O) groups excluding carboxylic acids is 1. The second kappa shape index (κ2) is 5.07. The molecule has 1 fully saturated rings. The molecule has 0 aromatic carbocycles. The van der Waals surface area contributed by atoms with Crippen LogP contribution in [0.3, 0.4) is 0 Å². The first-order valence-electron chi connectivity index (χ1n) is 7.00. The number of aromatic nitrogens is 2. The van der Waals surface area contributed by atoms with E-state index in [2.05, 4.69) is 15.5 Å². The standard InChI is InChI=1S/C14H23N3O3/c1-9-15-11(17-20-9)14(5,8-10-6-7-10)16-12(18)19-13(2,3)4/h10H,6-8H2,1-5H3,(H,16,18). The van der Waals surface area contributed by atoms with E-state index in [1.807, 2.05) is 27.7 Å². The summed E-state index contributed by atoms with van der Waals surface area (Å²) >= 11 is 0. The third-order valence-electron chi connectivity index (χ3n) is 3.19. The van der Waals surface area contributed by atoms with E-state index >= 15 is 0 Å². The molecule has 1 unspecified atom stereocenters. The summed E-state index contributed by atoms with van der Waals surface area (Å²) in [6.07, 6.45) is 2.71. The molecule has 112 valence electrons. The van der Waals surface area contributed by atoms with Crippen molar-refractivity contribution in [2.24, 2.45) is 5.92 Å². The second-order valence-corrected chi connectivity index (χ2v) is 6.74. The van der Waals surface area contributed by atoms with Gasteiger partial charge in [-0.15, -0.1) is 0 Å². The van der Waals surface area contributed by atoms with Gasteiger partial charge in [-0.1, -0.05) is 18.0 Å². The first kappa shape index (κ1) is 14.8. The van der Waals surface area contributed by atoms with Crippen molar-refractivity contribution in [3.8, 4) is 0 Å². The summed E-state index contributed by atoms with van der Waals surface area (Å²) < 4.78 is 10.4. The molecule has 1 atom stereocenters. The molecule has 6 heteroatoms. The Hall–Kier alpha value is -1.59. The van der Waals surface area contributed by atoms with Gasteiger partial charge in [-0.3, -0.25) is 0 Å². The van der Waals surface area contributed by atoms with Crippen LogP contribution in [-0.4, -0.2) is 21.8 Å². The number of hydrogen-bond acceptors (Lipinski definition) is 5. The lowest BCUT2D eigenvalue weighted by atomic mass is 9.94. The molecule has 1 amide bonds. The Labute approximate surface area is 119 Å². The lowest BCUT2D eigenvalue weighted by Gasteiger charge is -2.29. The number of rotatable bonds is 4. The molecule has 0 radical (unpaired) electrons. The van der Waals surface area contributed by atoms with Crippen LogP contribution in [0.25, 0.3) is 0 Å². The summed E-state index contributed by atoms with van der Waals surface area (Å²) in [4.78, 5) is 16.3. The minimum Gasteiger partial charge on any atom is -0.444 e. The molecule has 0 bridgehead atoms. The summed E-state index contributed by atoms with van der Waals surface area (Å²) in [5.74, 6) is 1.61. The summed E-state index contributed by atoms with van der Waals surface area (Å²) in [6, 6.07) is 0. The lowest BCUT2D eigenvalue weighted by Crippen LogP contribution is -2.46. The highest BCUT2D eigenvalue weighted by Crippen LogP contribution is 2.40. The van der Waals surface area contributed by atoms with E-state index in [9.17, 15) is 4.79 Å². The number of amides is 1. The highest BCUT2D eigenvalue weighted by atomic mass is 16.6. The van der Waals surface area contributed by atoms with E-state index in [0.29, 0.717) is 17.6 Å². The van der Waals surface area contributed by atoms with Crippen molar-refractivity contribution in [1.29, 1.82) is 0 Å². The van der Waals surface area contributed by atoms with Crippen molar-refractivity contribution in [2.45, 2.75) is 65.0 Å². The quantitative estimate of drug-likeness (QED) is 0.918. The van der Waals surface area contributed by atoms with Gasteiger partial charge in [0.15, 0.2) is 5.82 Å². The van der Waals surface area contributed by atoms with Gasteiger partial charge in [0, 0.05) is 6.92 Å². The number of hydrogen-bond donors (Lipinski definition) is 1. The Kier molecular flexibility index (Phi) is 3.75. The molecule has 1 aromatic rings. The Morgan fingerprint density at radius 2 is 2.05 bits per heavy atom. The van der Waals surface area contributed by atoms with Gasteiger partial charge in [0.25, 0.3) is 0 Å². The number of ether oxygens (including phenoxy) is 1. The van der Waals surface area contributed by atoms with E-state index < -0.39 is 17.2 Å². The van der Waals surface area contributed by atoms with Crippen LogP contribution < -0.4 is 5.32 Å². The molecule has 0 aliphatic heterocycles. The molecule has 6 nitrogen and oxygen atoms in total. The third-order valence-corrected chi connectivity index (χ3v) is 3.19. The van der Waals surface area contributed by atoms with Crippen LogP contribution >= 0.6 is 0 Å². The molecule has 0 saturated heterocycles.